The monoisotopic (exact) mass is 101 g/mol. The molecule has 1 aliphatic heterocycles. The van der Waals surface area contributed by atoms with Crippen LogP contribution in [0.15, 0.2) is 5.16 Å². The maximum atomic E-state index is 8.26. The Labute approximate surface area is 41.6 Å². The molecule has 3 nitrogen and oxygen atoms in total. The number of aliphatic hydroxyl groups excluding tert-OH is 1. The minimum Gasteiger partial charge on any atom is -0.396 e. The fraction of sp³-hybridized carbons (Fsp3) is 0.750. The van der Waals surface area contributed by atoms with Crippen molar-refractivity contribution >= 4 is 6.21 Å². The van der Waals surface area contributed by atoms with Crippen molar-refractivity contribution in [1.82, 2.24) is 0 Å². The molecule has 0 fully saturated rings. The molecule has 0 aromatic carbocycles. The standard InChI is InChI=1S/C4H7NO2/c6-2-1-4-3-5-7-4/h3-4,6H,1-2H2/t4-/m1/s1. The molecule has 0 amide bonds. The van der Waals surface area contributed by atoms with Gasteiger partial charge in [-0.25, -0.2) is 0 Å². The lowest BCUT2D eigenvalue weighted by atomic mass is 10.3. The van der Waals surface area contributed by atoms with Crippen LogP contribution in [-0.4, -0.2) is 24.0 Å². The van der Waals surface area contributed by atoms with E-state index in [2.05, 4.69) is 9.99 Å². The first-order valence-corrected chi connectivity index (χ1v) is 2.23. The van der Waals surface area contributed by atoms with Gasteiger partial charge in [0.05, 0.1) is 6.21 Å². The van der Waals surface area contributed by atoms with Crippen molar-refractivity contribution in [3.63, 3.8) is 0 Å². The summed E-state index contributed by atoms with van der Waals surface area (Å²) >= 11 is 0. The largest absolute Gasteiger partial charge is 0.396 e. The van der Waals surface area contributed by atoms with Crippen LogP contribution in [0.2, 0.25) is 0 Å². The highest BCUT2D eigenvalue weighted by Gasteiger charge is 2.11. The van der Waals surface area contributed by atoms with Crippen molar-refractivity contribution < 1.29 is 9.94 Å². The molecule has 1 aliphatic rings. The van der Waals surface area contributed by atoms with Crippen molar-refractivity contribution in [1.29, 1.82) is 0 Å². The predicted molar refractivity (Wildman–Crippen MR) is 25.1 cm³/mol. The first kappa shape index (κ1) is 4.59. The van der Waals surface area contributed by atoms with Crippen molar-refractivity contribution in [2.45, 2.75) is 12.5 Å². The molecule has 0 aromatic heterocycles. The summed E-state index contributed by atoms with van der Waals surface area (Å²) in [7, 11) is 0. The van der Waals surface area contributed by atoms with Crippen LogP contribution in [-0.2, 0) is 4.84 Å². The average molecular weight is 101 g/mol. The lowest BCUT2D eigenvalue weighted by Crippen LogP contribution is -2.21. The zero-order valence-electron chi connectivity index (χ0n) is 3.87. The Morgan fingerprint density at radius 3 is 2.71 bits per heavy atom. The lowest BCUT2D eigenvalue weighted by molar-refractivity contribution is 0.0512. The molecular weight excluding hydrogens is 94.0 g/mol. The van der Waals surface area contributed by atoms with Gasteiger partial charge in [-0.05, 0) is 0 Å². The summed E-state index contributed by atoms with van der Waals surface area (Å²) in [6.07, 6.45) is 2.43. The lowest BCUT2D eigenvalue weighted by Gasteiger charge is -2.14. The minimum atomic E-state index is 0.0880. The highest BCUT2D eigenvalue weighted by Crippen LogP contribution is 2.02. The van der Waals surface area contributed by atoms with E-state index < -0.39 is 0 Å². The van der Waals surface area contributed by atoms with Crippen molar-refractivity contribution in [2.75, 3.05) is 6.61 Å². The van der Waals surface area contributed by atoms with Gasteiger partial charge in [-0.2, -0.15) is 0 Å². The SMILES string of the molecule is OCC[C@@H]1C=NO1. The second kappa shape index (κ2) is 1.93. The summed E-state index contributed by atoms with van der Waals surface area (Å²) in [5.41, 5.74) is 0. The van der Waals surface area contributed by atoms with Gasteiger partial charge in [0.2, 0.25) is 0 Å². The first-order chi connectivity index (χ1) is 3.43. The number of nitrogens with zero attached hydrogens (tertiary/aromatic N) is 1. The van der Waals surface area contributed by atoms with Crippen molar-refractivity contribution in [2.24, 2.45) is 5.16 Å². The van der Waals surface area contributed by atoms with Gasteiger partial charge in [-0.15, -0.1) is 0 Å². The summed E-state index contributed by atoms with van der Waals surface area (Å²) in [4.78, 5) is 4.58. The molecule has 0 aromatic rings. The van der Waals surface area contributed by atoms with Gasteiger partial charge in [0.25, 0.3) is 0 Å². The van der Waals surface area contributed by atoms with E-state index in [0.29, 0.717) is 6.42 Å². The van der Waals surface area contributed by atoms with Crippen LogP contribution in [0, 0.1) is 0 Å². The van der Waals surface area contributed by atoms with Gasteiger partial charge in [0, 0.05) is 13.0 Å². The minimum absolute atomic E-state index is 0.0880. The number of rotatable bonds is 2. The Bertz CT molecular complexity index is 81.8. The van der Waals surface area contributed by atoms with Gasteiger partial charge in [0.15, 0.2) is 6.10 Å². The molecule has 0 bridgehead atoms. The molecule has 0 saturated heterocycles. The first-order valence-electron chi connectivity index (χ1n) is 2.23. The van der Waals surface area contributed by atoms with Gasteiger partial charge in [0.1, 0.15) is 0 Å². The van der Waals surface area contributed by atoms with Crippen LogP contribution < -0.4 is 0 Å². The predicted octanol–water partition coefficient (Wildman–Crippen LogP) is -0.247. The molecule has 0 saturated carbocycles. The molecule has 1 rings (SSSR count). The zero-order valence-corrected chi connectivity index (χ0v) is 3.87. The molecular formula is C4H7NO2. The van der Waals surface area contributed by atoms with E-state index in [0.717, 1.165) is 0 Å². The van der Waals surface area contributed by atoms with Crippen LogP contribution in [0.3, 0.4) is 0 Å². The van der Waals surface area contributed by atoms with Gasteiger partial charge in [-0.1, -0.05) is 5.16 Å². The quantitative estimate of drug-likeness (QED) is 0.521. The molecule has 1 N–H and O–H groups in total. The molecule has 0 aliphatic carbocycles. The molecule has 1 heterocycles. The third-order valence-corrected chi connectivity index (χ3v) is 0.837. The summed E-state index contributed by atoms with van der Waals surface area (Å²) in [5.74, 6) is 0. The van der Waals surface area contributed by atoms with E-state index in [1.807, 2.05) is 0 Å². The third kappa shape index (κ3) is 0.899. The summed E-state index contributed by atoms with van der Waals surface area (Å²) in [6.45, 7) is 0.177. The van der Waals surface area contributed by atoms with Crippen LogP contribution in [0.25, 0.3) is 0 Å². The Balaban J connectivity index is 2.06. The normalized spacial score (nSPS) is 26.1. The molecule has 3 heteroatoms. The number of hydrogen-bond acceptors (Lipinski definition) is 3. The topological polar surface area (TPSA) is 41.8 Å². The van der Waals surface area contributed by atoms with E-state index in [-0.39, 0.29) is 12.7 Å². The Kier molecular flexibility index (Phi) is 1.26. The molecule has 7 heavy (non-hydrogen) atoms. The van der Waals surface area contributed by atoms with Crippen LogP contribution in [0.4, 0.5) is 0 Å². The molecule has 40 valence electrons. The van der Waals surface area contributed by atoms with Gasteiger partial charge in [-0.3, -0.25) is 0 Å². The van der Waals surface area contributed by atoms with E-state index in [1.165, 1.54) is 0 Å². The van der Waals surface area contributed by atoms with Crippen molar-refractivity contribution in [3.8, 4) is 0 Å². The molecule has 0 spiro atoms. The Morgan fingerprint density at radius 2 is 2.57 bits per heavy atom. The second-order valence-corrected chi connectivity index (χ2v) is 1.41. The maximum absolute atomic E-state index is 8.26. The van der Waals surface area contributed by atoms with Crippen molar-refractivity contribution in [3.05, 3.63) is 0 Å². The molecule has 0 radical (unpaired) electrons. The third-order valence-electron chi connectivity index (χ3n) is 0.837. The van der Waals surface area contributed by atoms with Crippen LogP contribution in [0.5, 0.6) is 0 Å². The maximum Gasteiger partial charge on any atom is 0.167 e. The van der Waals surface area contributed by atoms with Crippen LogP contribution in [0.1, 0.15) is 6.42 Å². The zero-order chi connectivity index (χ0) is 5.11. The van der Waals surface area contributed by atoms with Gasteiger partial charge >= 0.3 is 0 Å². The average Bonchev–Trinajstić information content (AvgIpc) is 1.55. The van der Waals surface area contributed by atoms with Crippen LogP contribution >= 0.6 is 0 Å². The van der Waals surface area contributed by atoms with E-state index in [1.54, 1.807) is 6.21 Å². The number of aliphatic hydroxyl groups is 1. The Hall–Kier alpha value is -0.570. The number of oxime groups is 1. The fourth-order valence-electron chi connectivity index (χ4n) is 0.401. The van der Waals surface area contributed by atoms with E-state index in [9.17, 15) is 0 Å². The fourth-order valence-corrected chi connectivity index (χ4v) is 0.401. The summed E-state index contributed by atoms with van der Waals surface area (Å²) in [5, 5.41) is 11.6. The highest BCUT2D eigenvalue weighted by atomic mass is 16.7. The van der Waals surface area contributed by atoms with E-state index in [4.69, 9.17) is 5.11 Å². The Morgan fingerprint density at radius 1 is 1.86 bits per heavy atom. The van der Waals surface area contributed by atoms with E-state index >= 15 is 0 Å². The smallest absolute Gasteiger partial charge is 0.167 e. The second-order valence-electron chi connectivity index (χ2n) is 1.41. The number of hydrogen-bond donors (Lipinski definition) is 1. The summed E-state index contributed by atoms with van der Waals surface area (Å²) < 4.78 is 0. The highest BCUT2D eigenvalue weighted by molar-refractivity contribution is 5.65. The molecule has 1 atom stereocenters. The summed E-state index contributed by atoms with van der Waals surface area (Å²) in [6, 6.07) is 0. The van der Waals surface area contributed by atoms with Gasteiger partial charge < -0.3 is 9.94 Å². The molecule has 0 unspecified atom stereocenters.